The maximum atomic E-state index is 15.8. The van der Waals surface area contributed by atoms with Gasteiger partial charge in [0.25, 0.3) is 0 Å². The van der Waals surface area contributed by atoms with Crippen molar-refractivity contribution in [3.05, 3.63) is 101 Å². The number of furan rings is 2. The molecule has 0 saturated carbocycles. The molecule has 3 aromatic carbocycles. The third-order valence-corrected chi connectivity index (χ3v) is 9.07. The van der Waals surface area contributed by atoms with Crippen molar-refractivity contribution in [1.29, 1.82) is 0 Å². The van der Waals surface area contributed by atoms with Crippen LogP contribution in [0.15, 0.2) is 81.5 Å². The van der Waals surface area contributed by atoms with Crippen molar-refractivity contribution in [2.45, 2.75) is 74.1 Å². The summed E-state index contributed by atoms with van der Waals surface area (Å²) in [5, 5.41) is 12.3. The molecule has 7 heteroatoms. The number of aryl methyl sites for hydroxylation is 3. The summed E-state index contributed by atoms with van der Waals surface area (Å²) in [5.41, 5.74) is 6.41. The standard InChI is InChI=1S/C28H19FNO2.C13H24O2.Ir/c1-15-12-16(2)14-18(13-15)25-28-21(10-11-30-25)20-8-9-22(24(29)27(20)32-28)26-17(3)19-6-4-5-7-23(19)31-26;1-5-10(6-2)12(14)9-13(15)11(7-3)8-4;/h4-13H,1-3H3;9-11,14H,5-8H2,1-4H3;/q-1;;/b;12-9-;. The van der Waals surface area contributed by atoms with Gasteiger partial charge in [-0.2, -0.15) is 0 Å². The Bertz CT molecular complexity index is 2060. The van der Waals surface area contributed by atoms with E-state index in [1.165, 1.54) is 6.08 Å². The molecule has 0 amide bonds. The topological polar surface area (TPSA) is 76.5 Å². The van der Waals surface area contributed by atoms with Gasteiger partial charge in [-0.1, -0.05) is 59.7 Å². The minimum Gasteiger partial charge on any atom is -0.512 e. The summed E-state index contributed by atoms with van der Waals surface area (Å²) in [4.78, 5) is 16.3. The van der Waals surface area contributed by atoms with Gasteiger partial charge in [-0.3, -0.25) is 4.79 Å². The summed E-state index contributed by atoms with van der Waals surface area (Å²) >= 11 is 0. The second-order valence-electron chi connectivity index (χ2n) is 12.2. The molecule has 0 aliphatic heterocycles. The average molecular weight is 825 g/mol. The number of aliphatic hydroxyl groups is 1. The Kier molecular flexibility index (Phi) is 12.2. The number of pyridine rings is 1. The summed E-state index contributed by atoms with van der Waals surface area (Å²) < 4.78 is 27.9. The number of rotatable bonds is 9. The van der Waals surface area contributed by atoms with E-state index in [2.05, 4.69) is 17.1 Å². The number of fused-ring (bicyclic) bond motifs is 4. The Morgan fingerprint density at radius 2 is 1.54 bits per heavy atom. The van der Waals surface area contributed by atoms with Crippen LogP contribution >= 0.6 is 0 Å². The van der Waals surface area contributed by atoms with Crippen LogP contribution in [0.2, 0.25) is 0 Å². The predicted octanol–water partition coefficient (Wildman–Crippen LogP) is 11.8. The first kappa shape index (κ1) is 36.8. The normalized spacial score (nSPS) is 11.8. The molecule has 0 unspecified atom stereocenters. The summed E-state index contributed by atoms with van der Waals surface area (Å²) in [7, 11) is 0. The number of aromatic nitrogens is 1. The van der Waals surface area contributed by atoms with Crippen molar-refractivity contribution < 1.29 is 43.2 Å². The van der Waals surface area contributed by atoms with Gasteiger partial charge in [0.2, 0.25) is 0 Å². The van der Waals surface area contributed by atoms with Crippen molar-refractivity contribution in [1.82, 2.24) is 4.98 Å². The molecule has 3 heterocycles. The number of benzene rings is 3. The zero-order chi connectivity index (χ0) is 33.8. The van der Waals surface area contributed by atoms with Crippen LogP contribution in [0.25, 0.3) is 55.5 Å². The van der Waals surface area contributed by atoms with Crippen LogP contribution in [0.1, 0.15) is 70.1 Å². The molecule has 0 fully saturated rings. The number of aliphatic hydroxyl groups excluding tert-OH is 1. The molecule has 0 bridgehead atoms. The van der Waals surface area contributed by atoms with Crippen LogP contribution in [-0.2, 0) is 24.9 Å². The van der Waals surface area contributed by atoms with Crippen LogP contribution in [0.4, 0.5) is 4.39 Å². The van der Waals surface area contributed by atoms with Gasteiger partial charge >= 0.3 is 0 Å². The molecule has 0 saturated heterocycles. The van der Waals surface area contributed by atoms with Gasteiger partial charge in [-0.25, -0.2) is 4.39 Å². The van der Waals surface area contributed by atoms with Crippen LogP contribution in [-0.4, -0.2) is 15.9 Å². The summed E-state index contributed by atoms with van der Waals surface area (Å²) in [6.07, 6.45) is 6.64. The van der Waals surface area contributed by atoms with E-state index < -0.39 is 5.82 Å². The number of halogens is 1. The van der Waals surface area contributed by atoms with Crippen LogP contribution in [0.5, 0.6) is 0 Å². The Morgan fingerprint density at radius 1 is 0.875 bits per heavy atom. The number of hydrogen-bond donors (Lipinski definition) is 1. The van der Waals surface area contributed by atoms with Crippen molar-refractivity contribution in [3.8, 4) is 22.6 Å². The van der Waals surface area contributed by atoms with E-state index >= 15 is 4.39 Å². The van der Waals surface area contributed by atoms with Crippen molar-refractivity contribution in [2.24, 2.45) is 11.8 Å². The molecular weight excluding hydrogens is 782 g/mol. The quantitative estimate of drug-likeness (QED) is 0.0893. The fourth-order valence-corrected chi connectivity index (χ4v) is 6.33. The van der Waals surface area contributed by atoms with Crippen molar-refractivity contribution >= 4 is 38.7 Å². The summed E-state index contributed by atoms with van der Waals surface area (Å²) in [6.45, 7) is 14.0. The largest absolute Gasteiger partial charge is 0.512 e. The number of nitrogens with zero attached hydrogens (tertiary/aromatic N) is 1. The zero-order valence-electron chi connectivity index (χ0n) is 28.7. The molecule has 1 radical (unpaired) electrons. The molecule has 5 nitrogen and oxygen atoms in total. The maximum absolute atomic E-state index is 15.8. The SMILES string of the molecule is CCC(CC)C(=O)/C=C(\O)C(CC)CC.Cc1[c-]c(-c2nccc3c2oc2c(F)c(-c4oc5ccccc5c4C)ccc23)cc(C)c1.[Ir]. The van der Waals surface area contributed by atoms with E-state index in [1.807, 2.05) is 90.9 Å². The fourth-order valence-electron chi connectivity index (χ4n) is 6.33. The van der Waals surface area contributed by atoms with E-state index in [0.29, 0.717) is 28.0 Å². The van der Waals surface area contributed by atoms with Gasteiger partial charge in [0.05, 0.1) is 11.3 Å². The number of carbonyl (C=O) groups excluding carboxylic acids is 1. The molecule has 0 spiro atoms. The third-order valence-electron chi connectivity index (χ3n) is 9.07. The van der Waals surface area contributed by atoms with E-state index in [9.17, 15) is 9.90 Å². The van der Waals surface area contributed by atoms with Gasteiger partial charge in [0.1, 0.15) is 16.9 Å². The van der Waals surface area contributed by atoms with Crippen LogP contribution in [0, 0.1) is 44.5 Å². The molecule has 6 rings (SSSR count). The Balaban J connectivity index is 0.000000279. The Hall–Kier alpha value is -4.06. The minimum atomic E-state index is -0.434. The van der Waals surface area contributed by atoms with Gasteiger partial charge < -0.3 is 18.9 Å². The monoisotopic (exact) mass is 825 g/mol. The molecule has 0 aliphatic carbocycles. The molecule has 48 heavy (non-hydrogen) atoms. The van der Waals surface area contributed by atoms with E-state index in [4.69, 9.17) is 8.83 Å². The van der Waals surface area contributed by atoms with Crippen molar-refractivity contribution in [2.75, 3.05) is 0 Å². The average Bonchev–Trinajstić information content (AvgIpc) is 3.60. The van der Waals surface area contributed by atoms with Crippen LogP contribution in [0.3, 0.4) is 0 Å². The van der Waals surface area contributed by atoms with E-state index in [1.54, 1.807) is 12.3 Å². The summed E-state index contributed by atoms with van der Waals surface area (Å²) in [5.74, 6) is 0.634. The summed E-state index contributed by atoms with van der Waals surface area (Å²) in [6, 6.07) is 20.7. The molecule has 1 N–H and O–H groups in total. The molecular formula is C41H43FIrNO4-. The molecule has 0 atom stereocenters. The number of hydrogen-bond acceptors (Lipinski definition) is 5. The Morgan fingerprint density at radius 3 is 2.19 bits per heavy atom. The van der Waals surface area contributed by atoms with E-state index in [-0.39, 0.29) is 49.1 Å². The zero-order valence-corrected chi connectivity index (χ0v) is 31.1. The van der Waals surface area contributed by atoms with Gasteiger partial charge in [0.15, 0.2) is 17.2 Å². The Labute approximate surface area is 295 Å². The molecule has 0 aliphatic rings. The van der Waals surface area contributed by atoms with E-state index in [0.717, 1.165) is 64.3 Å². The van der Waals surface area contributed by atoms with Gasteiger partial charge in [0, 0.05) is 71.6 Å². The van der Waals surface area contributed by atoms with Crippen LogP contribution < -0.4 is 0 Å². The minimum absolute atomic E-state index is 0. The van der Waals surface area contributed by atoms with Gasteiger partial charge in [-0.05, 0) is 56.9 Å². The smallest absolute Gasteiger partial charge is 0.177 e. The second kappa shape index (κ2) is 15.9. The number of allylic oxidation sites excluding steroid dienone is 2. The van der Waals surface area contributed by atoms with Crippen molar-refractivity contribution in [3.63, 3.8) is 0 Å². The second-order valence-corrected chi connectivity index (χ2v) is 12.2. The number of carbonyl (C=O) groups is 1. The molecule has 253 valence electrons. The number of para-hydroxylation sites is 1. The third kappa shape index (κ3) is 7.33. The maximum Gasteiger partial charge on any atom is 0.177 e. The molecule has 3 aromatic heterocycles. The number of ketones is 1. The first-order valence-corrected chi connectivity index (χ1v) is 16.5. The van der Waals surface area contributed by atoms with Gasteiger partial charge in [-0.15, -0.1) is 34.9 Å². The fraction of sp³-hybridized carbons (Fsp3) is 0.317. The first-order chi connectivity index (χ1) is 22.6. The molecule has 6 aromatic rings. The predicted molar refractivity (Wildman–Crippen MR) is 189 cm³/mol. The first-order valence-electron chi connectivity index (χ1n) is 16.5.